The molecule has 3 heterocycles. The standard InChI is InChI=1S/C32H32N6/c1-21(2)31-30-27(25-16-23-10-6-7-11-28(23)36-20-25)14-15-34-32(30)38(37-31)26-13-12-24(18-33)29(17-26)35-19-22-8-4-3-5-9-22/h6-7,10-17,20-22,35H,3-5,8-9,19H2,1-2H3. The largest absolute Gasteiger partial charge is 0.384 e. The van der Waals surface area contributed by atoms with Crippen LogP contribution in [0.4, 0.5) is 5.69 Å². The van der Waals surface area contributed by atoms with Gasteiger partial charge in [-0.05, 0) is 66.6 Å². The van der Waals surface area contributed by atoms with Gasteiger partial charge in [-0.15, -0.1) is 0 Å². The molecule has 1 N–H and O–H groups in total. The third kappa shape index (κ3) is 4.50. The second kappa shape index (κ2) is 10.3. The number of aromatic nitrogens is 4. The Morgan fingerprint density at radius 1 is 1.03 bits per heavy atom. The first-order chi connectivity index (χ1) is 18.6. The zero-order valence-electron chi connectivity index (χ0n) is 22.0. The fourth-order valence-corrected chi connectivity index (χ4v) is 5.67. The number of para-hydroxylation sites is 1. The smallest absolute Gasteiger partial charge is 0.163 e. The molecular weight excluding hydrogens is 468 g/mol. The maximum atomic E-state index is 9.77. The monoisotopic (exact) mass is 500 g/mol. The summed E-state index contributed by atoms with van der Waals surface area (Å²) in [5.41, 5.74) is 7.32. The summed E-state index contributed by atoms with van der Waals surface area (Å²) in [6.07, 6.45) is 10.2. The van der Waals surface area contributed by atoms with Gasteiger partial charge < -0.3 is 5.32 Å². The SMILES string of the molecule is CC(C)c1nn(-c2ccc(C#N)c(NCC3CCCCC3)c2)c2nccc(-c3cnc4ccccc4c3)c12. The van der Waals surface area contributed by atoms with E-state index in [-0.39, 0.29) is 5.92 Å². The first-order valence-electron chi connectivity index (χ1n) is 13.6. The van der Waals surface area contributed by atoms with Gasteiger partial charge in [0.25, 0.3) is 0 Å². The number of hydrogen-bond acceptors (Lipinski definition) is 5. The Balaban J connectivity index is 1.45. The van der Waals surface area contributed by atoms with Gasteiger partial charge in [-0.25, -0.2) is 9.67 Å². The highest BCUT2D eigenvalue weighted by Gasteiger charge is 2.21. The molecule has 0 aliphatic heterocycles. The van der Waals surface area contributed by atoms with Crippen LogP contribution < -0.4 is 5.32 Å². The van der Waals surface area contributed by atoms with Gasteiger partial charge in [0, 0.05) is 29.9 Å². The number of pyridine rings is 2. The number of fused-ring (bicyclic) bond motifs is 2. The number of nitrogens with one attached hydrogen (secondary N) is 1. The maximum Gasteiger partial charge on any atom is 0.163 e. The highest BCUT2D eigenvalue weighted by Crippen LogP contribution is 2.35. The minimum atomic E-state index is 0.206. The van der Waals surface area contributed by atoms with Crippen molar-refractivity contribution in [2.24, 2.45) is 5.92 Å². The molecule has 6 heteroatoms. The van der Waals surface area contributed by atoms with Crippen molar-refractivity contribution in [3.63, 3.8) is 0 Å². The topological polar surface area (TPSA) is 79.4 Å². The van der Waals surface area contributed by atoms with Gasteiger partial charge in [0.2, 0.25) is 0 Å². The number of rotatable bonds is 6. The van der Waals surface area contributed by atoms with Crippen LogP contribution in [0.3, 0.4) is 0 Å². The molecule has 0 unspecified atom stereocenters. The third-order valence-corrected chi connectivity index (χ3v) is 7.72. The summed E-state index contributed by atoms with van der Waals surface area (Å²) >= 11 is 0. The van der Waals surface area contributed by atoms with Gasteiger partial charge >= 0.3 is 0 Å². The van der Waals surface area contributed by atoms with E-state index < -0.39 is 0 Å². The molecule has 5 aromatic rings. The van der Waals surface area contributed by atoms with E-state index in [1.807, 2.05) is 53.5 Å². The lowest BCUT2D eigenvalue weighted by molar-refractivity contribution is 0.373. The van der Waals surface area contributed by atoms with E-state index in [9.17, 15) is 5.26 Å². The number of hydrogen-bond donors (Lipinski definition) is 1. The molecule has 1 aliphatic rings. The minimum absolute atomic E-state index is 0.206. The first-order valence-corrected chi connectivity index (χ1v) is 13.6. The molecule has 3 aromatic heterocycles. The fraction of sp³-hybridized carbons (Fsp3) is 0.312. The van der Waals surface area contributed by atoms with E-state index in [0.717, 1.165) is 56.7 Å². The predicted molar refractivity (Wildman–Crippen MR) is 153 cm³/mol. The van der Waals surface area contributed by atoms with Crippen molar-refractivity contribution in [1.29, 1.82) is 5.26 Å². The van der Waals surface area contributed by atoms with Gasteiger partial charge in [-0.3, -0.25) is 4.98 Å². The average Bonchev–Trinajstić information content (AvgIpc) is 3.36. The number of anilines is 1. The van der Waals surface area contributed by atoms with Crippen LogP contribution in [0, 0.1) is 17.2 Å². The number of nitriles is 1. The average molecular weight is 501 g/mol. The van der Waals surface area contributed by atoms with E-state index in [1.165, 1.54) is 32.1 Å². The van der Waals surface area contributed by atoms with Crippen molar-refractivity contribution >= 4 is 27.6 Å². The Hall–Kier alpha value is -4.24. The Morgan fingerprint density at radius 3 is 2.68 bits per heavy atom. The lowest BCUT2D eigenvalue weighted by atomic mass is 9.89. The summed E-state index contributed by atoms with van der Waals surface area (Å²) in [4.78, 5) is 9.50. The lowest BCUT2D eigenvalue weighted by Gasteiger charge is -2.22. The van der Waals surface area contributed by atoms with Crippen LogP contribution >= 0.6 is 0 Å². The van der Waals surface area contributed by atoms with Gasteiger partial charge in [0.05, 0.1) is 33.5 Å². The first kappa shape index (κ1) is 24.1. The van der Waals surface area contributed by atoms with Crippen molar-refractivity contribution in [1.82, 2.24) is 19.7 Å². The van der Waals surface area contributed by atoms with Crippen molar-refractivity contribution in [3.05, 3.63) is 78.2 Å². The third-order valence-electron chi connectivity index (χ3n) is 7.72. The van der Waals surface area contributed by atoms with Gasteiger partial charge in [0.15, 0.2) is 5.65 Å². The summed E-state index contributed by atoms with van der Waals surface area (Å²) in [7, 11) is 0. The Bertz CT molecular complexity index is 1650. The summed E-state index contributed by atoms with van der Waals surface area (Å²) in [6.45, 7) is 5.22. The molecule has 38 heavy (non-hydrogen) atoms. The van der Waals surface area contributed by atoms with Crippen LogP contribution in [0.15, 0.2) is 67.0 Å². The Kier molecular flexibility index (Phi) is 6.51. The number of nitrogens with zero attached hydrogens (tertiary/aromatic N) is 5. The molecule has 0 spiro atoms. The van der Waals surface area contributed by atoms with E-state index >= 15 is 0 Å². The summed E-state index contributed by atoms with van der Waals surface area (Å²) < 4.78 is 1.93. The minimum Gasteiger partial charge on any atom is -0.384 e. The van der Waals surface area contributed by atoms with Crippen LogP contribution in [-0.2, 0) is 0 Å². The highest BCUT2D eigenvalue weighted by molar-refractivity contribution is 5.97. The molecule has 0 saturated heterocycles. The Morgan fingerprint density at radius 2 is 1.87 bits per heavy atom. The summed E-state index contributed by atoms with van der Waals surface area (Å²) in [5, 5.41) is 20.6. The molecular formula is C32H32N6. The lowest BCUT2D eigenvalue weighted by Crippen LogP contribution is -2.17. The second-order valence-corrected chi connectivity index (χ2v) is 10.7. The molecule has 1 aliphatic carbocycles. The van der Waals surface area contributed by atoms with E-state index in [1.54, 1.807) is 0 Å². The zero-order valence-corrected chi connectivity index (χ0v) is 22.0. The highest BCUT2D eigenvalue weighted by atomic mass is 15.3. The molecule has 1 saturated carbocycles. The predicted octanol–water partition coefficient (Wildman–Crippen LogP) is 7.62. The molecule has 1 fully saturated rings. The van der Waals surface area contributed by atoms with E-state index in [4.69, 9.17) is 15.1 Å². The molecule has 0 amide bonds. The van der Waals surface area contributed by atoms with Crippen molar-refractivity contribution in [2.45, 2.75) is 51.9 Å². The Labute approximate surface area is 223 Å². The van der Waals surface area contributed by atoms with Crippen LogP contribution in [0.25, 0.3) is 38.8 Å². The molecule has 0 radical (unpaired) electrons. The summed E-state index contributed by atoms with van der Waals surface area (Å²) in [6, 6.07) is 20.7. The van der Waals surface area contributed by atoms with E-state index in [0.29, 0.717) is 11.5 Å². The van der Waals surface area contributed by atoms with Crippen molar-refractivity contribution in [3.8, 4) is 22.9 Å². The molecule has 0 atom stereocenters. The van der Waals surface area contributed by atoms with Crippen LogP contribution in [-0.4, -0.2) is 26.3 Å². The second-order valence-electron chi connectivity index (χ2n) is 10.7. The molecule has 0 bridgehead atoms. The molecule has 190 valence electrons. The van der Waals surface area contributed by atoms with Crippen LogP contribution in [0.2, 0.25) is 0 Å². The van der Waals surface area contributed by atoms with E-state index in [2.05, 4.69) is 43.4 Å². The maximum absolute atomic E-state index is 9.77. The van der Waals surface area contributed by atoms with Crippen LogP contribution in [0.1, 0.15) is 63.1 Å². The summed E-state index contributed by atoms with van der Waals surface area (Å²) in [5.74, 6) is 0.870. The van der Waals surface area contributed by atoms with Gasteiger partial charge in [-0.2, -0.15) is 10.4 Å². The molecule has 2 aromatic carbocycles. The normalized spacial score (nSPS) is 14.3. The molecule has 6 rings (SSSR count). The van der Waals surface area contributed by atoms with Crippen molar-refractivity contribution in [2.75, 3.05) is 11.9 Å². The van der Waals surface area contributed by atoms with Crippen molar-refractivity contribution < 1.29 is 0 Å². The molecule has 6 nitrogen and oxygen atoms in total. The quantitative estimate of drug-likeness (QED) is 0.259. The van der Waals surface area contributed by atoms with Crippen LogP contribution in [0.5, 0.6) is 0 Å². The zero-order chi connectivity index (χ0) is 26.1. The van der Waals surface area contributed by atoms with Gasteiger partial charge in [0.1, 0.15) is 6.07 Å². The van der Waals surface area contributed by atoms with Gasteiger partial charge in [-0.1, -0.05) is 51.3 Å². The fourth-order valence-electron chi connectivity index (χ4n) is 5.67. The number of benzene rings is 2.